The summed E-state index contributed by atoms with van der Waals surface area (Å²) in [5, 5.41) is 11.6. The van der Waals surface area contributed by atoms with E-state index in [4.69, 9.17) is 5.11 Å². The number of rotatable bonds is 5. The van der Waals surface area contributed by atoms with Crippen LogP contribution in [0.2, 0.25) is 0 Å². The fourth-order valence-corrected chi connectivity index (χ4v) is 2.34. The predicted molar refractivity (Wildman–Crippen MR) is 70.8 cm³/mol. The molecular weight excluding hydrogens is 244 g/mol. The number of carboxylic acid groups (broad SMARTS) is 1. The summed E-state index contributed by atoms with van der Waals surface area (Å²) in [4.78, 5) is 24.3. The number of nitrogens with one attached hydrogen (secondary N) is 1. The lowest BCUT2D eigenvalue weighted by Gasteiger charge is -2.13. The summed E-state index contributed by atoms with van der Waals surface area (Å²) in [6.07, 6.45) is 1.35. The van der Waals surface area contributed by atoms with Gasteiger partial charge in [0, 0.05) is 26.6 Å². The number of carbonyl (C=O) groups is 2. The third-order valence-corrected chi connectivity index (χ3v) is 3.40. The van der Waals surface area contributed by atoms with E-state index in [0.717, 1.165) is 31.6 Å². The van der Waals surface area contributed by atoms with Crippen molar-refractivity contribution < 1.29 is 14.7 Å². The Bertz CT molecular complexity index is 499. The molecule has 1 amide bonds. The minimum Gasteiger partial charge on any atom is -0.478 e. The third-order valence-electron chi connectivity index (χ3n) is 3.40. The highest BCUT2D eigenvalue weighted by atomic mass is 16.4. The average Bonchev–Trinajstić information content (AvgIpc) is 2.79. The Labute approximate surface area is 112 Å². The van der Waals surface area contributed by atoms with Gasteiger partial charge in [-0.15, -0.1) is 0 Å². The second-order valence-corrected chi connectivity index (χ2v) is 4.78. The second kappa shape index (κ2) is 5.84. The number of benzene rings is 1. The van der Waals surface area contributed by atoms with Crippen LogP contribution in [0.15, 0.2) is 18.2 Å². The van der Waals surface area contributed by atoms with E-state index < -0.39 is 5.97 Å². The highest BCUT2D eigenvalue weighted by molar-refractivity contribution is 5.87. The van der Waals surface area contributed by atoms with Crippen LogP contribution in [-0.4, -0.2) is 35.5 Å². The van der Waals surface area contributed by atoms with Gasteiger partial charge in [0.05, 0.1) is 5.56 Å². The summed E-state index contributed by atoms with van der Waals surface area (Å²) >= 11 is 0. The molecule has 0 radical (unpaired) electrons. The second-order valence-electron chi connectivity index (χ2n) is 4.78. The Hall–Kier alpha value is -1.88. The van der Waals surface area contributed by atoms with E-state index in [2.05, 4.69) is 10.2 Å². The minimum atomic E-state index is -0.888. The lowest BCUT2D eigenvalue weighted by atomic mass is 10.1. The Balaban J connectivity index is 1.89. The van der Waals surface area contributed by atoms with Gasteiger partial charge in [0.25, 0.3) is 0 Å². The Morgan fingerprint density at radius 1 is 1.32 bits per heavy atom. The molecule has 0 aliphatic carbocycles. The largest absolute Gasteiger partial charge is 0.478 e. The van der Waals surface area contributed by atoms with Gasteiger partial charge in [0.15, 0.2) is 0 Å². The molecule has 0 atom stereocenters. The molecular formula is C14H18N2O3. The molecule has 2 N–H and O–H groups in total. The molecule has 0 fully saturated rings. The number of aromatic carboxylic acids is 1. The monoisotopic (exact) mass is 262 g/mol. The fraction of sp³-hybridized carbons (Fsp3) is 0.429. The Morgan fingerprint density at radius 2 is 2.05 bits per heavy atom. The maximum absolute atomic E-state index is 11.1. The number of hydrogen-bond acceptors (Lipinski definition) is 3. The summed E-state index contributed by atoms with van der Waals surface area (Å²) in [6, 6.07) is 5.28. The van der Waals surface area contributed by atoms with Crippen molar-refractivity contribution in [2.24, 2.45) is 0 Å². The van der Waals surface area contributed by atoms with Crippen molar-refractivity contribution >= 4 is 11.9 Å². The molecule has 5 nitrogen and oxygen atoms in total. The van der Waals surface area contributed by atoms with E-state index in [1.807, 2.05) is 6.07 Å². The highest BCUT2D eigenvalue weighted by Gasteiger charge is 2.19. The lowest BCUT2D eigenvalue weighted by Crippen LogP contribution is -2.22. The van der Waals surface area contributed by atoms with Gasteiger partial charge in [-0.05, 0) is 36.2 Å². The summed E-state index contributed by atoms with van der Waals surface area (Å²) in [5.74, 6) is -0.828. The number of carbonyl (C=O) groups excluding carboxylic acids is 1. The van der Waals surface area contributed by atoms with Crippen molar-refractivity contribution in [3.8, 4) is 0 Å². The molecule has 0 spiro atoms. The number of carboxylic acids is 1. The Kier molecular flexibility index (Phi) is 4.16. The number of hydrogen-bond donors (Lipinski definition) is 2. The SMILES string of the molecule is CNC(=O)CCCN1Cc2ccc(C(=O)O)cc2C1. The number of amides is 1. The first kappa shape index (κ1) is 13.5. The summed E-state index contributed by atoms with van der Waals surface area (Å²) < 4.78 is 0. The molecule has 1 heterocycles. The molecule has 0 saturated heterocycles. The molecule has 0 aromatic heterocycles. The normalized spacial score (nSPS) is 14.2. The van der Waals surface area contributed by atoms with Crippen LogP contribution in [0, 0.1) is 0 Å². The average molecular weight is 262 g/mol. The van der Waals surface area contributed by atoms with Gasteiger partial charge in [-0.2, -0.15) is 0 Å². The zero-order valence-electron chi connectivity index (χ0n) is 11.0. The molecule has 19 heavy (non-hydrogen) atoms. The van der Waals surface area contributed by atoms with Crippen LogP contribution < -0.4 is 5.32 Å². The van der Waals surface area contributed by atoms with Gasteiger partial charge in [0.2, 0.25) is 5.91 Å². The Morgan fingerprint density at radius 3 is 2.74 bits per heavy atom. The van der Waals surface area contributed by atoms with E-state index in [1.54, 1.807) is 19.2 Å². The van der Waals surface area contributed by atoms with Crippen LogP contribution in [-0.2, 0) is 17.9 Å². The molecule has 2 rings (SSSR count). The van der Waals surface area contributed by atoms with Crippen molar-refractivity contribution in [2.75, 3.05) is 13.6 Å². The van der Waals surface area contributed by atoms with E-state index in [9.17, 15) is 9.59 Å². The van der Waals surface area contributed by atoms with Crippen LogP contribution in [0.3, 0.4) is 0 Å². The van der Waals surface area contributed by atoms with Crippen molar-refractivity contribution in [1.29, 1.82) is 0 Å². The van der Waals surface area contributed by atoms with Crippen LogP contribution in [0.1, 0.15) is 34.3 Å². The first-order valence-corrected chi connectivity index (χ1v) is 6.38. The summed E-state index contributed by atoms with van der Waals surface area (Å²) in [6.45, 7) is 2.46. The number of fused-ring (bicyclic) bond motifs is 1. The molecule has 1 aromatic rings. The van der Waals surface area contributed by atoms with E-state index in [1.165, 1.54) is 5.56 Å². The summed E-state index contributed by atoms with van der Waals surface area (Å²) in [7, 11) is 1.64. The van der Waals surface area contributed by atoms with Gasteiger partial charge in [0.1, 0.15) is 0 Å². The first-order valence-electron chi connectivity index (χ1n) is 6.38. The first-order chi connectivity index (χ1) is 9.10. The van der Waals surface area contributed by atoms with E-state index >= 15 is 0 Å². The zero-order chi connectivity index (χ0) is 13.8. The van der Waals surface area contributed by atoms with Crippen molar-refractivity contribution in [3.63, 3.8) is 0 Å². The van der Waals surface area contributed by atoms with Gasteiger partial charge in [-0.25, -0.2) is 4.79 Å². The van der Waals surface area contributed by atoms with E-state index in [0.29, 0.717) is 12.0 Å². The van der Waals surface area contributed by atoms with Gasteiger partial charge in [-0.1, -0.05) is 6.07 Å². The molecule has 102 valence electrons. The summed E-state index contributed by atoms with van der Waals surface area (Å²) in [5.41, 5.74) is 2.61. The maximum Gasteiger partial charge on any atom is 0.335 e. The molecule has 0 saturated carbocycles. The van der Waals surface area contributed by atoms with Gasteiger partial charge < -0.3 is 10.4 Å². The van der Waals surface area contributed by atoms with Crippen molar-refractivity contribution in [2.45, 2.75) is 25.9 Å². The van der Waals surface area contributed by atoms with Crippen LogP contribution in [0.5, 0.6) is 0 Å². The van der Waals surface area contributed by atoms with Crippen LogP contribution >= 0.6 is 0 Å². The van der Waals surface area contributed by atoms with Gasteiger partial charge in [-0.3, -0.25) is 9.69 Å². The van der Waals surface area contributed by atoms with Gasteiger partial charge >= 0.3 is 5.97 Å². The third kappa shape index (κ3) is 3.32. The van der Waals surface area contributed by atoms with Crippen LogP contribution in [0.4, 0.5) is 0 Å². The maximum atomic E-state index is 11.1. The topological polar surface area (TPSA) is 69.6 Å². The molecule has 1 aliphatic heterocycles. The fourth-order valence-electron chi connectivity index (χ4n) is 2.34. The van der Waals surface area contributed by atoms with Crippen LogP contribution in [0.25, 0.3) is 0 Å². The molecule has 5 heteroatoms. The predicted octanol–water partition coefficient (Wildman–Crippen LogP) is 1.23. The molecule has 1 aromatic carbocycles. The lowest BCUT2D eigenvalue weighted by molar-refractivity contribution is -0.120. The van der Waals surface area contributed by atoms with Crippen molar-refractivity contribution in [1.82, 2.24) is 10.2 Å². The smallest absolute Gasteiger partial charge is 0.335 e. The molecule has 0 unspecified atom stereocenters. The molecule has 0 bridgehead atoms. The van der Waals surface area contributed by atoms with E-state index in [-0.39, 0.29) is 5.91 Å². The van der Waals surface area contributed by atoms with Crippen molar-refractivity contribution in [3.05, 3.63) is 34.9 Å². The number of nitrogens with zero attached hydrogens (tertiary/aromatic N) is 1. The quantitative estimate of drug-likeness (QED) is 0.837. The standard InChI is InChI=1S/C14H18N2O3/c1-15-13(17)3-2-6-16-8-11-5-4-10(14(18)19)7-12(11)9-16/h4-5,7H,2-3,6,8-9H2,1H3,(H,15,17)(H,18,19). The highest BCUT2D eigenvalue weighted by Crippen LogP contribution is 2.24. The zero-order valence-corrected chi connectivity index (χ0v) is 11.0. The minimum absolute atomic E-state index is 0.0601. The molecule has 1 aliphatic rings.